The van der Waals surface area contributed by atoms with E-state index in [0.717, 1.165) is 30.4 Å². The summed E-state index contributed by atoms with van der Waals surface area (Å²) in [7, 11) is 0. The first-order chi connectivity index (χ1) is 13.0. The molecule has 0 N–H and O–H groups in total. The van der Waals surface area contributed by atoms with Crippen LogP contribution < -0.4 is 0 Å². The largest absolute Gasteiger partial charge is 0.367 e. The summed E-state index contributed by atoms with van der Waals surface area (Å²) in [4.78, 5) is 0. The predicted octanol–water partition coefficient (Wildman–Crippen LogP) is 6.47. The number of hydrogen-bond acceptors (Lipinski definition) is 0. The molecule has 138 valence electrons. The van der Waals surface area contributed by atoms with E-state index < -0.39 is 34.6 Å². The standard InChI is InChI=1S/C21H14F5O/c22-17-16(18(23)20(25)21(26)19(17)24)15-10-13(11-6-2-1-3-7-11)12-8-4-5-9-14(12)27-15/h1-3,6-7,10H,4-5,8-9H2/q+1. The van der Waals surface area contributed by atoms with Crippen molar-refractivity contribution in [2.75, 3.05) is 0 Å². The van der Waals surface area contributed by atoms with E-state index in [1.807, 2.05) is 30.3 Å². The predicted molar refractivity (Wildman–Crippen MR) is 90.4 cm³/mol. The van der Waals surface area contributed by atoms with Crippen LogP contribution in [0.25, 0.3) is 22.5 Å². The molecule has 0 amide bonds. The van der Waals surface area contributed by atoms with Gasteiger partial charge >= 0.3 is 11.5 Å². The zero-order valence-corrected chi connectivity index (χ0v) is 14.1. The van der Waals surface area contributed by atoms with E-state index in [4.69, 9.17) is 4.42 Å². The molecule has 0 aliphatic heterocycles. The van der Waals surface area contributed by atoms with Crippen molar-refractivity contribution in [3.05, 3.63) is 76.8 Å². The van der Waals surface area contributed by atoms with Gasteiger partial charge in [0.15, 0.2) is 28.8 Å². The zero-order valence-electron chi connectivity index (χ0n) is 14.1. The highest BCUT2D eigenvalue weighted by Crippen LogP contribution is 2.39. The smallest absolute Gasteiger partial charge is 0.212 e. The van der Waals surface area contributed by atoms with Gasteiger partial charge in [-0.05, 0) is 24.8 Å². The maximum absolute atomic E-state index is 14.3. The van der Waals surface area contributed by atoms with E-state index in [-0.39, 0.29) is 5.76 Å². The van der Waals surface area contributed by atoms with Crippen LogP contribution in [0.1, 0.15) is 24.2 Å². The minimum Gasteiger partial charge on any atom is -0.212 e. The monoisotopic (exact) mass is 377 g/mol. The van der Waals surface area contributed by atoms with Crippen LogP contribution in [0.2, 0.25) is 0 Å². The number of rotatable bonds is 2. The molecule has 0 radical (unpaired) electrons. The molecular weight excluding hydrogens is 363 g/mol. The number of halogens is 5. The van der Waals surface area contributed by atoms with Crippen LogP contribution in [0.15, 0.2) is 40.8 Å². The van der Waals surface area contributed by atoms with Gasteiger partial charge in [0.1, 0.15) is 0 Å². The van der Waals surface area contributed by atoms with Gasteiger partial charge in [0.25, 0.3) is 0 Å². The second-order valence-corrected chi connectivity index (χ2v) is 6.44. The zero-order chi connectivity index (χ0) is 19.1. The lowest BCUT2D eigenvalue weighted by molar-refractivity contribution is 0.376. The summed E-state index contributed by atoms with van der Waals surface area (Å²) >= 11 is 0. The highest BCUT2D eigenvalue weighted by atomic mass is 19.2. The van der Waals surface area contributed by atoms with E-state index in [1.165, 1.54) is 6.07 Å². The fourth-order valence-electron chi connectivity index (χ4n) is 3.48. The Morgan fingerprint density at radius 3 is 1.96 bits per heavy atom. The molecular formula is C21H14F5O+. The van der Waals surface area contributed by atoms with E-state index in [9.17, 15) is 22.0 Å². The molecule has 1 aromatic heterocycles. The number of benzene rings is 2. The van der Waals surface area contributed by atoms with Gasteiger partial charge in [-0.25, -0.2) is 26.4 Å². The third-order valence-electron chi connectivity index (χ3n) is 4.79. The van der Waals surface area contributed by atoms with Crippen LogP contribution in [0, 0.1) is 29.1 Å². The van der Waals surface area contributed by atoms with Crippen molar-refractivity contribution in [1.82, 2.24) is 0 Å². The molecule has 0 fully saturated rings. The van der Waals surface area contributed by atoms with Gasteiger partial charge in [0, 0.05) is 5.56 Å². The molecule has 27 heavy (non-hydrogen) atoms. The van der Waals surface area contributed by atoms with E-state index in [0.29, 0.717) is 17.7 Å². The lowest BCUT2D eigenvalue weighted by Gasteiger charge is -2.13. The lowest BCUT2D eigenvalue weighted by Crippen LogP contribution is -2.08. The molecule has 0 saturated heterocycles. The molecule has 0 bridgehead atoms. The molecule has 1 aliphatic rings. The highest BCUT2D eigenvalue weighted by molar-refractivity contribution is 5.73. The van der Waals surface area contributed by atoms with Crippen molar-refractivity contribution in [3.8, 4) is 22.5 Å². The summed E-state index contributed by atoms with van der Waals surface area (Å²) in [5.74, 6) is -9.81. The normalized spacial score (nSPS) is 13.5. The van der Waals surface area contributed by atoms with Crippen molar-refractivity contribution < 1.29 is 26.4 Å². The van der Waals surface area contributed by atoms with Crippen LogP contribution in [0.3, 0.4) is 0 Å². The Labute approximate surface area is 152 Å². The van der Waals surface area contributed by atoms with E-state index in [1.54, 1.807) is 0 Å². The van der Waals surface area contributed by atoms with Crippen molar-refractivity contribution in [2.45, 2.75) is 25.7 Å². The Morgan fingerprint density at radius 2 is 1.30 bits per heavy atom. The Kier molecular flexibility index (Phi) is 4.42. The van der Waals surface area contributed by atoms with Gasteiger partial charge in [-0.3, -0.25) is 0 Å². The fourth-order valence-corrected chi connectivity index (χ4v) is 3.48. The molecule has 0 spiro atoms. The average molecular weight is 377 g/mol. The summed E-state index contributed by atoms with van der Waals surface area (Å²) in [5, 5.41) is 0. The lowest BCUT2D eigenvalue weighted by atomic mass is 9.89. The third kappa shape index (κ3) is 2.89. The molecule has 0 unspecified atom stereocenters. The van der Waals surface area contributed by atoms with Crippen molar-refractivity contribution in [1.29, 1.82) is 0 Å². The van der Waals surface area contributed by atoms with Gasteiger partial charge in [-0.1, -0.05) is 30.3 Å². The van der Waals surface area contributed by atoms with Crippen LogP contribution in [-0.4, -0.2) is 0 Å². The van der Waals surface area contributed by atoms with Gasteiger partial charge in [-0.15, -0.1) is 0 Å². The van der Waals surface area contributed by atoms with Gasteiger partial charge in [-0.2, -0.15) is 0 Å². The molecule has 4 rings (SSSR count). The first kappa shape index (κ1) is 17.6. The van der Waals surface area contributed by atoms with E-state index >= 15 is 0 Å². The SMILES string of the molecule is Fc1c(F)c(F)c(-c2cc(-c3ccccc3)c3c([o+]2)CCCC3)c(F)c1F. The molecule has 0 saturated carbocycles. The third-order valence-corrected chi connectivity index (χ3v) is 4.79. The molecule has 1 heterocycles. The summed E-state index contributed by atoms with van der Waals surface area (Å²) in [5.41, 5.74) is 1.32. The Balaban J connectivity index is 2.01. The minimum atomic E-state index is -2.19. The summed E-state index contributed by atoms with van der Waals surface area (Å²) in [6.45, 7) is 0. The number of fused-ring (bicyclic) bond motifs is 1. The molecule has 1 nitrogen and oxygen atoms in total. The maximum Gasteiger partial charge on any atom is 0.367 e. The second kappa shape index (κ2) is 6.76. The van der Waals surface area contributed by atoms with Crippen molar-refractivity contribution >= 4 is 0 Å². The van der Waals surface area contributed by atoms with Crippen LogP contribution in [0.4, 0.5) is 22.0 Å². The summed E-state index contributed by atoms with van der Waals surface area (Å²) in [6.07, 6.45) is 3.02. The number of hydrogen-bond donors (Lipinski definition) is 0. The molecule has 0 atom stereocenters. The van der Waals surface area contributed by atoms with Crippen molar-refractivity contribution in [2.24, 2.45) is 0 Å². The Hall–Kier alpha value is -2.76. The van der Waals surface area contributed by atoms with Gasteiger partial charge in [0.2, 0.25) is 5.82 Å². The van der Waals surface area contributed by atoms with Crippen molar-refractivity contribution in [3.63, 3.8) is 0 Å². The summed E-state index contributed by atoms with van der Waals surface area (Å²) in [6, 6.07) is 10.5. The first-order valence-corrected chi connectivity index (χ1v) is 8.55. The van der Waals surface area contributed by atoms with Crippen LogP contribution in [-0.2, 0) is 12.8 Å². The quantitative estimate of drug-likeness (QED) is 0.216. The fraction of sp³-hybridized carbons (Fsp3) is 0.190. The maximum atomic E-state index is 14.3. The van der Waals surface area contributed by atoms with Gasteiger partial charge in [0.05, 0.1) is 18.1 Å². The van der Waals surface area contributed by atoms with Gasteiger partial charge < -0.3 is 0 Å². The first-order valence-electron chi connectivity index (χ1n) is 8.55. The molecule has 6 heteroatoms. The Bertz CT molecular complexity index is 1000. The second-order valence-electron chi connectivity index (χ2n) is 6.44. The molecule has 3 aromatic rings. The summed E-state index contributed by atoms with van der Waals surface area (Å²) < 4.78 is 74.8. The Morgan fingerprint density at radius 1 is 0.704 bits per heavy atom. The topological polar surface area (TPSA) is 11.3 Å². The average Bonchev–Trinajstić information content (AvgIpc) is 2.71. The molecule has 2 aromatic carbocycles. The molecule has 1 aliphatic carbocycles. The van der Waals surface area contributed by atoms with Crippen LogP contribution in [0.5, 0.6) is 0 Å². The minimum absolute atomic E-state index is 0.373. The number of aryl methyl sites for hydroxylation is 1. The van der Waals surface area contributed by atoms with E-state index in [2.05, 4.69) is 0 Å². The highest BCUT2D eigenvalue weighted by Gasteiger charge is 2.35. The van der Waals surface area contributed by atoms with Crippen LogP contribution >= 0.6 is 0 Å².